The summed E-state index contributed by atoms with van der Waals surface area (Å²) in [5, 5.41) is 15.3. The molecule has 3 N–H and O–H groups in total. The summed E-state index contributed by atoms with van der Waals surface area (Å²) < 4.78 is 5.04. The molecular weight excluding hydrogens is 208 g/mol. The second-order valence-corrected chi connectivity index (χ2v) is 3.56. The van der Waals surface area contributed by atoms with Gasteiger partial charge in [0.05, 0.1) is 12.3 Å². The zero-order valence-corrected chi connectivity index (χ0v) is 9.56. The first-order valence-electron chi connectivity index (χ1n) is 5.37. The number of rotatable bonds is 6. The van der Waals surface area contributed by atoms with Crippen molar-refractivity contribution in [3.05, 3.63) is 24.2 Å². The molecule has 90 valence electrons. The van der Waals surface area contributed by atoms with Crippen LogP contribution in [-0.2, 0) is 4.79 Å². The summed E-state index contributed by atoms with van der Waals surface area (Å²) >= 11 is 0. The van der Waals surface area contributed by atoms with Crippen LogP contribution in [0.25, 0.3) is 0 Å². The smallest absolute Gasteiger partial charge is 0.236 e. The van der Waals surface area contributed by atoms with Crippen molar-refractivity contribution in [2.75, 3.05) is 13.1 Å². The van der Waals surface area contributed by atoms with Gasteiger partial charge in [-0.3, -0.25) is 4.79 Å². The highest BCUT2D eigenvalue weighted by Gasteiger charge is 2.15. The first-order chi connectivity index (χ1) is 7.65. The van der Waals surface area contributed by atoms with Gasteiger partial charge in [0, 0.05) is 13.1 Å². The van der Waals surface area contributed by atoms with E-state index < -0.39 is 6.10 Å². The molecule has 2 atom stereocenters. The average molecular weight is 226 g/mol. The van der Waals surface area contributed by atoms with Crippen molar-refractivity contribution in [1.29, 1.82) is 0 Å². The van der Waals surface area contributed by atoms with Crippen LogP contribution in [0.4, 0.5) is 0 Å². The summed E-state index contributed by atoms with van der Waals surface area (Å²) in [6.07, 6.45) is 0.776. The molecule has 0 aromatic carbocycles. The molecule has 0 fully saturated rings. The standard InChI is InChI=1S/C11H18N2O3/c1-3-12-11(15)8(2)13-7-9(14)10-5-4-6-16-10/h4-6,8-9,13-14H,3,7H2,1-2H3,(H,12,15). The maximum atomic E-state index is 11.4. The van der Waals surface area contributed by atoms with Gasteiger partial charge in [-0.2, -0.15) is 0 Å². The van der Waals surface area contributed by atoms with E-state index in [1.165, 1.54) is 6.26 Å². The number of likely N-dealkylation sites (N-methyl/N-ethyl adjacent to an activating group) is 1. The minimum Gasteiger partial charge on any atom is -0.467 e. The molecule has 0 aliphatic rings. The number of nitrogens with one attached hydrogen (secondary N) is 2. The number of hydrogen-bond acceptors (Lipinski definition) is 4. The molecule has 0 aliphatic carbocycles. The van der Waals surface area contributed by atoms with Gasteiger partial charge in [-0.1, -0.05) is 0 Å². The summed E-state index contributed by atoms with van der Waals surface area (Å²) in [4.78, 5) is 11.4. The second kappa shape index (κ2) is 6.30. The first-order valence-corrected chi connectivity index (χ1v) is 5.37. The molecule has 0 spiro atoms. The fourth-order valence-electron chi connectivity index (χ4n) is 1.29. The van der Waals surface area contributed by atoms with Gasteiger partial charge < -0.3 is 20.2 Å². The van der Waals surface area contributed by atoms with Crippen molar-refractivity contribution in [3.63, 3.8) is 0 Å². The van der Waals surface area contributed by atoms with Crippen molar-refractivity contribution in [2.24, 2.45) is 0 Å². The normalized spacial score (nSPS) is 14.4. The predicted octanol–water partition coefficient (Wildman–Crippen LogP) is 0.427. The second-order valence-electron chi connectivity index (χ2n) is 3.56. The molecule has 0 saturated carbocycles. The number of aliphatic hydroxyl groups excluding tert-OH is 1. The highest BCUT2D eigenvalue weighted by atomic mass is 16.4. The number of hydrogen-bond donors (Lipinski definition) is 3. The molecule has 1 aromatic rings. The first kappa shape index (κ1) is 12.7. The summed E-state index contributed by atoms with van der Waals surface area (Å²) in [7, 11) is 0. The predicted molar refractivity (Wildman–Crippen MR) is 59.8 cm³/mol. The van der Waals surface area contributed by atoms with Gasteiger partial charge in [-0.25, -0.2) is 0 Å². The Balaban J connectivity index is 2.31. The van der Waals surface area contributed by atoms with Crippen LogP contribution >= 0.6 is 0 Å². The largest absolute Gasteiger partial charge is 0.467 e. The monoisotopic (exact) mass is 226 g/mol. The van der Waals surface area contributed by atoms with E-state index in [1.54, 1.807) is 19.1 Å². The third kappa shape index (κ3) is 3.67. The third-order valence-corrected chi connectivity index (χ3v) is 2.23. The van der Waals surface area contributed by atoms with Crippen molar-refractivity contribution < 1.29 is 14.3 Å². The SMILES string of the molecule is CCNC(=O)C(C)NCC(O)c1ccco1. The van der Waals surface area contributed by atoms with Crippen LogP contribution in [0.5, 0.6) is 0 Å². The molecule has 1 aromatic heterocycles. The number of carbonyl (C=O) groups excluding carboxylic acids is 1. The average Bonchev–Trinajstić information content (AvgIpc) is 2.79. The lowest BCUT2D eigenvalue weighted by Crippen LogP contribution is -2.43. The van der Waals surface area contributed by atoms with E-state index >= 15 is 0 Å². The Labute approximate surface area is 94.8 Å². The van der Waals surface area contributed by atoms with Crippen LogP contribution in [0.15, 0.2) is 22.8 Å². The van der Waals surface area contributed by atoms with Gasteiger partial charge >= 0.3 is 0 Å². The minimum atomic E-state index is -0.730. The lowest BCUT2D eigenvalue weighted by atomic mass is 10.2. The van der Waals surface area contributed by atoms with E-state index in [0.29, 0.717) is 12.3 Å². The van der Waals surface area contributed by atoms with E-state index in [2.05, 4.69) is 10.6 Å². The van der Waals surface area contributed by atoms with Crippen LogP contribution in [0.1, 0.15) is 25.7 Å². The fraction of sp³-hybridized carbons (Fsp3) is 0.545. The third-order valence-electron chi connectivity index (χ3n) is 2.23. The van der Waals surface area contributed by atoms with Crippen molar-refractivity contribution in [1.82, 2.24) is 10.6 Å². The molecule has 1 amide bonds. The van der Waals surface area contributed by atoms with E-state index in [4.69, 9.17) is 4.42 Å². The Morgan fingerprint density at radius 1 is 1.62 bits per heavy atom. The maximum absolute atomic E-state index is 11.4. The quantitative estimate of drug-likeness (QED) is 0.657. The molecule has 5 heteroatoms. The molecule has 0 saturated heterocycles. The molecule has 0 aliphatic heterocycles. The molecule has 1 rings (SSSR count). The van der Waals surface area contributed by atoms with Crippen LogP contribution in [0.3, 0.4) is 0 Å². The van der Waals surface area contributed by atoms with Crippen molar-refractivity contribution in [3.8, 4) is 0 Å². The summed E-state index contributed by atoms with van der Waals surface area (Å²) in [5.74, 6) is 0.421. The zero-order chi connectivity index (χ0) is 12.0. The number of furan rings is 1. The topological polar surface area (TPSA) is 74.5 Å². The molecule has 0 radical (unpaired) electrons. The van der Waals surface area contributed by atoms with Gasteiger partial charge in [0.1, 0.15) is 11.9 Å². The summed E-state index contributed by atoms with van der Waals surface area (Å²) in [6, 6.07) is 3.08. The Hall–Kier alpha value is -1.33. The molecular formula is C11H18N2O3. The Morgan fingerprint density at radius 3 is 2.94 bits per heavy atom. The van der Waals surface area contributed by atoms with Gasteiger partial charge in [0.15, 0.2) is 0 Å². The van der Waals surface area contributed by atoms with Crippen LogP contribution in [-0.4, -0.2) is 30.1 Å². The highest BCUT2D eigenvalue weighted by molar-refractivity contribution is 5.81. The fourth-order valence-corrected chi connectivity index (χ4v) is 1.29. The Morgan fingerprint density at radius 2 is 2.38 bits per heavy atom. The molecule has 1 heterocycles. The summed E-state index contributed by atoms with van der Waals surface area (Å²) in [5.41, 5.74) is 0. The van der Waals surface area contributed by atoms with Gasteiger partial charge in [-0.05, 0) is 26.0 Å². The van der Waals surface area contributed by atoms with Crippen LogP contribution in [0.2, 0.25) is 0 Å². The van der Waals surface area contributed by atoms with Gasteiger partial charge in [0.2, 0.25) is 5.91 Å². The number of aliphatic hydroxyl groups is 1. The number of amides is 1. The van der Waals surface area contributed by atoms with Crippen LogP contribution in [0, 0.1) is 0 Å². The molecule has 0 bridgehead atoms. The Kier molecular flexibility index (Phi) is 5.01. The van der Waals surface area contributed by atoms with Crippen molar-refractivity contribution >= 4 is 5.91 Å². The van der Waals surface area contributed by atoms with Gasteiger partial charge in [-0.15, -0.1) is 0 Å². The lowest BCUT2D eigenvalue weighted by molar-refractivity contribution is -0.122. The lowest BCUT2D eigenvalue weighted by Gasteiger charge is -2.15. The zero-order valence-electron chi connectivity index (χ0n) is 9.56. The van der Waals surface area contributed by atoms with E-state index in [-0.39, 0.29) is 18.5 Å². The molecule has 16 heavy (non-hydrogen) atoms. The van der Waals surface area contributed by atoms with E-state index in [0.717, 1.165) is 0 Å². The van der Waals surface area contributed by atoms with Crippen molar-refractivity contribution in [2.45, 2.75) is 26.0 Å². The molecule has 5 nitrogen and oxygen atoms in total. The maximum Gasteiger partial charge on any atom is 0.236 e. The number of carbonyl (C=O) groups is 1. The van der Waals surface area contributed by atoms with Crippen LogP contribution < -0.4 is 10.6 Å². The summed E-state index contributed by atoms with van der Waals surface area (Å²) in [6.45, 7) is 4.50. The Bertz CT molecular complexity index is 311. The minimum absolute atomic E-state index is 0.0749. The molecule has 2 unspecified atom stereocenters. The van der Waals surface area contributed by atoms with E-state index in [9.17, 15) is 9.90 Å². The van der Waals surface area contributed by atoms with Gasteiger partial charge in [0.25, 0.3) is 0 Å². The van der Waals surface area contributed by atoms with E-state index in [1.807, 2.05) is 6.92 Å². The highest BCUT2D eigenvalue weighted by Crippen LogP contribution is 2.11.